The molecule has 1 rings (SSSR count). The lowest BCUT2D eigenvalue weighted by Gasteiger charge is -2.18. The van der Waals surface area contributed by atoms with Gasteiger partial charge in [-0.15, -0.1) is 24.0 Å². The molecule has 28 heavy (non-hydrogen) atoms. The number of nitrogens with one attached hydrogen (secondary N) is 2. The van der Waals surface area contributed by atoms with Crippen molar-refractivity contribution in [2.45, 2.75) is 20.1 Å². The maximum absolute atomic E-state index is 12.6. The second-order valence-corrected chi connectivity index (χ2v) is 5.77. The minimum absolute atomic E-state index is 0. The van der Waals surface area contributed by atoms with Crippen molar-refractivity contribution in [1.82, 2.24) is 15.5 Å². The summed E-state index contributed by atoms with van der Waals surface area (Å²) in [6.07, 6.45) is 0. The van der Waals surface area contributed by atoms with E-state index in [0.717, 1.165) is 13.1 Å². The number of aliphatic imine (C=N–C) groups is 1. The number of hydrogen-bond donors (Lipinski definition) is 2. The summed E-state index contributed by atoms with van der Waals surface area (Å²) in [4.78, 5) is 6.59. The maximum Gasteiger partial charge on any atom is 0.387 e. The molecule has 0 spiro atoms. The fourth-order valence-electron chi connectivity index (χ4n) is 2.25. The van der Waals surface area contributed by atoms with Crippen molar-refractivity contribution in [2.24, 2.45) is 4.99 Å². The Morgan fingerprint density at radius 3 is 2.57 bits per heavy atom. The Labute approximate surface area is 182 Å². The predicted molar refractivity (Wildman–Crippen MR) is 117 cm³/mol. The van der Waals surface area contributed by atoms with E-state index in [0.29, 0.717) is 37.0 Å². The van der Waals surface area contributed by atoms with E-state index in [9.17, 15) is 8.78 Å². The van der Waals surface area contributed by atoms with Crippen LogP contribution in [-0.4, -0.2) is 71.5 Å². The molecule has 0 saturated heterocycles. The number of likely N-dealkylation sites (N-methyl/N-ethyl adjacent to an activating group) is 1. The number of guanidine groups is 1. The van der Waals surface area contributed by atoms with Crippen molar-refractivity contribution in [1.29, 1.82) is 0 Å². The lowest BCUT2D eigenvalue weighted by molar-refractivity contribution is -0.0504. The zero-order chi connectivity index (χ0) is 20.1. The molecule has 162 valence electrons. The summed E-state index contributed by atoms with van der Waals surface area (Å²) in [6, 6.07) is 4.68. The van der Waals surface area contributed by atoms with Crippen molar-refractivity contribution >= 4 is 29.9 Å². The van der Waals surface area contributed by atoms with Gasteiger partial charge in [-0.3, -0.25) is 0 Å². The van der Waals surface area contributed by atoms with Gasteiger partial charge in [0.1, 0.15) is 11.5 Å². The van der Waals surface area contributed by atoms with Crippen molar-refractivity contribution in [3.63, 3.8) is 0 Å². The van der Waals surface area contributed by atoms with Crippen LogP contribution in [0.1, 0.15) is 12.5 Å². The van der Waals surface area contributed by atoms with Gasteiger partial charge in [-0.05, 0) is 32.2 Å². The molecule has 10 heteroatoms. The first kappa shape index (κ1) is 26.6. The number of methoxy groups -OCH3 is 2. The highest BCUT2D eigenvalue weighted by Crippen LogP contribution is 2.26. The Kier molecular flexibility index (Phi) is 14.7. The van der Waals surface area contributed by atoms with Crippen molar-refractivity contribution in [2.75, 3.05) is 54.1 Å². The second-order valence-electron chi connectivity index (χ2n) is 5.77. The van der Waals surface area contributed by atoms with E-state index in [1.807, 2.05) is 14.0 Å². The number of ether oxygens (including phenoxy) is 3. The van der Waals surface area contributed by atoms with Gasteiger partial charge in [0.05, 0.1) is 20.3 Å². The minimum Gasteiger partial charge on any atom is -0.497 e. The summed E-state index contributed by atoms with van der Waals surface area (Å²) in [7, 11) is 5.20. The summed E-state index contributed by atoms with van der Waals surface area (Å²) in [5.74, 6) is 1.24. The zero-order valence-corrected chi connectivity index (χ0v) is 19.2. The Morgan fingerprint density at radius 1 is 1.21 bits per heavy atom. The largest absolute Gasteiger partial charge is 0.497 e. The molecular formula is C18H31F2IN4O3. The van der Waals surface area contributed by atoms with Crippen LogP contribution in [0, 0.1) is 0 Å². The standard InChI is InChI=1S/C18H30F2N4O3.HI/c1-5-21-18(22-8-9-24(2)10-11-25-3)23-13-14-12-15(26-4)6-7-16(14)27-17(19)20;/h6-7,12,17H,5,8-11,13H2,1-4H3,(H2,21,22,23);1H. The molecule has 0 bridgehead atoms. The third-order valence-electron chi connectivity index (χ3n) is 3.70. The normalized spacial score (nSPS) is 11.4. The second kappa shape index (κ2) is 15.5. The maximum atomic E-state index is 12.6. The molecule has 0 atom stereocenters. The van der Waals surface area contributed by atoms with Gasteiger partial charge in [0.25, 0.3) is 0 Å². The highest BCUT2D eigenvalue weighted by atomic mass is 127. The number of alkyl halides is 2. The molecule has 0 amide bonds. The van der Waals surface area contributed by atoms with Gasteiger partial charge in [-0.2, -0.15) is 8.78 Å². The molecule has 0 aromatic heterocycles. The molecule has 2 N–H and O–H groups in total. The molecule has 0 fully saturated rings. The van der Waals surface area contributed by atoms with Gasteiger partial charge in [0.2, 0.25) is 0 Å². The van der Waals surface area contributed by atoms with Gasteiger partial charge in [0, 0.05) is 38.9 Å². The zero-order valence-electron chi connectivity index (χ0n) is 16.8. The van der Waals surface area contributed by atoms with Gasteiger partial charge >= 0.3 is 6.61 Å². The molecule has 7 nitrogen and oxygen atoms in total. The summed E-state index contributed by atoms with van der Waals surface area (Å²) >= 11 is 0. The average molecular weight is 516 g/mol. The quantitative estimate of drug-likeness (QED) is 0.253. The summed E-state index contributed by atoms with van der Waals surface area (Å²) in [5, 5.41) is 6.36. The first-order chi connectivity index (χ1) is 13.0. The first-order valence-electron chi connectivity index (χ1n) is 8.81. The third kappa shape index (κ3) is 10.8. The van der Waals surface area contributed by atoms with Gasteiger partial charge in [0.15, 0.2) is 5.96 Å². The van der Waals surface area contributed by atoms with E-state index in [2.05, 4.69) is 25.3 Å². The van der Waals surface area contributed by atoms with Crippen molar-refractivity contribution in [3.05, 3.63) is 23.8 Å². The summed E-state index contributed by atoms with van der Waals surface area (Å²) < 4.78 is 40.0. The minimum atomic E-state index is -2.89. The van der Waals surface area contributed by atoms with Gasteiger partial charge in [-0.25, -0.2) is 4.99 Å². The van der Waals surface area contributed by atoms with Crippen LogP contribution < -0.4 is 20.1 Å². The van der Waals surface area contributed by atoms with Crippen LogP contribution >= 0.6 is 24.0 Å². The Hall–Kier alpha value is -1.40. The topological polar surface area (TPSA) is 67.4 Å². The first-order valence-corrected chi connectivity index (χ1v) is 8.81. The summed E-state index contributed by atoms with van der Waals surface area (Å²) in [6.45, 7) is 2.93. The molecule has 0 aliphatic heterocycles. The molecule has 0 saturated carbocycles. The third-order valence-corrected chi connectivity index (χ3v) is 3.70. The highest BCUT2D eigenvalue weighted by molar-refractivity contribution is 14.0. The molecule has 0 aliphatic carbocycles. The smallest absolute Gasteiger partial charge is 0.387 e. The summed E-state index contributed by atoms with van der Waals surface area (Å²) in [5.41, 5.74) is 0.518. The van der Waals surface area contributed by atoms with E-state index in [-0.39, 0.29) is 36.3 Å². The molecule has 0 unspecified atom stereocenters. The Balaban J connectivity index is 0.00000729. The van der Waals surface area contributed by atoms with Gasteiger partial charge < -0.3 is 29.7 Å². The lowest BCUT2D eigenvalue weighted by Crippen LogP contribution is -2.41. The Bertz CT molecular complexity index is 580. The van der Waals surface area contributed by atoms with Crippen molar-refractivity contribution < 1.29 is 23.0 Å². The van der Waals surface area contributed by atoms with E-state index in [1.54, 1.807) is 19.2 Å². The van der Waals surface area contributed by atoms with E-state index in [4.69, 9.17) is 9.47 Å². The number of halogens is 3. The predicted octanol–water partition coefficient (Wildman–Crippen LogP) is 2.55. The van der Waals surface area contributed by atoms with Gasteiger partial charge in [-0.1, -0.05) is 0 Å². The fraction of sp³-hybridized carbons (Fsp3) is 0.611. The SMILES string of the molecule is CCNC(=NCc1cc(OC)ccc1OC(F)F)NCCN(C)CCOC.I. The number of rotatable bonds is 12. The van der Waals surface area contributed by atoms with Crippen LogP contribution in [0.25, 0.3) is 0 Å². The molecule has 1 aromatic carbocycles. The Morgan fingerprint density at radius 2 is 1.96 bits per heavy atom. The number of nitrogens with zero attached hydrogens (tertiary/aromatic N) is 2. The van der Waals surface area contributed by atoms with Crippen LogP contribution in [0.15, 0.2) is 23.2 Å². The monoisotopic (exact) mass is 516 g/mol. The van der Waals surface area contributed by atoms with E-state index >= 15 is 0 Å². The number of hydrogen-bond acceptors (Lipinski definition) is 5. The highest BCUT2D eigenvalue weighted by Gasteiger charge is 2.11. The van der Waals surface area contributed by atoms with E-state index in [1.165, 1.54) is 13.2 Å². The van der Waals surface area contributed by atoms with Crippen LogP contribution in [-0.2, 0) is 11.3 Å². The average Bonchev–Trinajstić information content (AvgIpc) is 2.64. The molecule has 0 heterocycles. The molecular weight excluding hydrogens is 485 g/mol. The fourth-order valence-corrected chi connectivity index (χ4v) is 2.25. The lowest BCUT2D eigenvalue weighted by atomic mass is 10.2. The molecule has 0 radical (unpaired) electrons. The molecule has 0 aliphatic rings. The van der Waals surface area contributed by atoms with Crippen LogP contribution in [0.5, 0.6) is 11.5 Å². The number of benzene rings is 1. The van der Waals surface area contributed by atoms with Crippen LogP contribution in [0.3, 0.4) is 0 Å². The van der Waals surface area contributed by atoms with Crippen LogP contribution in [0.4, 0.5) is 8.78 Å². The van der Waals surface area contributed by atoms with Crippen molar-refractivity contribution in [3.8, 4) is 11.5 Å². The van der Waals surface area contributed by atoms with E-state index < -0.39 is 6.61 Å². The van der Waals surface area contributed by atoms with Crippen LogP contribution in [0.2, 0.25) is 0 Å². The molecule has 1 aromatic rings.